The molecule has 1 aliphatic heterocycles. The van der Waals surface area contributed by atoms with Crippen LogP contribution in [0.1, 0.15) is 32.1 Å². The standard InChI is InChI=1S/C15H27N5/c16-7-4-2-1-3-5-10-19-11-13-20(14-12-19)15-17-8-6-9-18-15/h6,8-9H,1-5,7,10-14,16H2. The Balaban J connectivity index is 1.58. The summed E-state index contributed by atoms with van der Waals surface area (Å²) in [5.41, 5.74) is 5.50. The molecule has 1 aromatic rings. The van der Waals surface area contributed by atoms with Gasteiger partial charge >= 0.3 is 0 Å². The third-order valence-corrected chi connectivity index (χ3v) is 3.89. The summed E-state index contributed by atoms with van der Waals surface area (Å²) in [5, 5.41) is 0. The molecule has 0 atom stereocenters. The molecule has 0 unspecified atom stereocenters. The van der Waals surface area contributed by atoms with Gasteiger partial charge in [0.05, 0.1) is 0 Å². The van der Waals surface area contributed by atoms with Crippen molar-refractivity contribution in [1.29, 1.82) is 0 Å². The number of aromatic nitrogens is 2. The number of anilines is 1. The summed E-state index contributed by atoms with van der Waals surface area (Å²) in [7, 11) is 0. The van der Waals surface area contributed by atoms with E-state index in [1.165, 1.54) is 38.6 Å². The highest BCUT2D eigenvalue weighted by Gasteiger charge is 2.17. The van der Waals surface area contributed by atoms with E-state index >= 15 is 0 Å². The van der Waals surface area contributed by atoms with E-state index in [9.17, 15) is 0 Å². The molecule has 0 bridgehead atoms. The largest absolute Gasteiger partial charge is 0.338 e. The summed E-state index contributed by atoms with van der Waals surface area (Å²) in [6.45, 7) is 6.39. The fourth-order valence-corrected chi connectivity index (χ4v) is 2.64. The SMILES string of the molecule is NCCCCCCCN1CCN(c2ncccn2)CC1. The van der Waals surface area contributed by atoms with Gasteiger partial charge in [0.2, 0.25) is 5.95 Å². The van der Waals surface area contributed by atoms with Gasteiger partial charge in [-0.2, -0.15) is 0 Å². The van der Waals surface area contributed by atoms with Gasteiger partial charge in [0.25, 0.3) is 0 Å². The van der Waals surface area contributed by atoms with Crippen LogP contribution in [0.3, 0.4) is 0 Å². The smallest absolute Gasteiger partial charge is 0.225 e. The number of unbranched alkanes of at least 4 members (excludes halogenated alkanes) is 4. The molecule has 2 heterocycles. The first kappa shape index (κ1) is 15.2. The first-order valence-corrected chi connectivity index (χ1v) is 7.84. The minimum Gasteiger partial charge on any atom is -0.338 e. The van der Waals surface area contributed by atoms with Crippen molar-refractivity contribution >= 4 is 5.95 Å². The average molecular weight is 277 g/mol. The van der Waals surface area contributed by atoms with Gasteiger partial charge in [-0.1, -0.05) is 19.3 Å². The lowest BCUT2D eigenvalue weighted by atomic mass is 10.1. The highest BCUT2D eigenvalue weighted by molar-refractivity contribution is 5.29. The second kappa shape index (κ2) is 8.87. The maximum Gasteiger partial charge on any atom is 0.225 e. The maximum atomic E-state index is 5.50. The zero-order valence-electron chi connectivity index (χ0n) is 12.4. The molecule has 1 fully saturated rings. The summed E-state index contributed by atoms with van der Waals surface area (Å²) in [6.07, 6.45) is 10.1. The molecule has 0 aromatic carbocycles. The lowest BCUT2D eigenvalue weighted by Crippen LogP contribution is -2.47. The van der Waals surface area contributed by atoms with Gasteiger partial charge in [-0.25, -0.2) is 9.97 Å². The number of nitrogens with zero attached hydrogens (tertiary/aromatic N) is 4. The number of rotatable bonds is 8. The Morgan fingerprint density at radius 2 is 1.55 bits per heavy atom. The Kier molecular flexibility index (Phi) is 6.74. The molecule has 5 nitrogen and oxygen atoms in total. The zero-order valence-corrected chi connectivity index (χ0v) is 12.4. The third-order valence-electron chi connectivity index (χ3n) is 3.89. The minimum atomic E-state index is 0.837. The van der Waals surface area contributed by atoms with Crippen LogP contribution < -0.4 is 10.6 Å². The van der Waals surface area contributed by atoms with Crippen LogP contribution in [0.4, 0.5) is 5.95 Å². The lowest BCUT2D eigenvalue weighted by Gasteiger charge is -2.34. The van der Waals surface area contributed by atoms with Crippen molar-refractivity contribution in [1.82, 2.24) is 14.9 Å². The molecule has 0 saturated carbocycles. The molecule has 1 saturated heterocycles. The van der Waals surface area contributed by atoms with E-state index in [0.717, 1.165) is 38.7 Å². The van der Waals surface area contributed by atoms with Crippen molar-refractivity contribution in [3.05, 3.63) is 18.5 Å². The molecule has 2 rings (SSSR count). The summed E-state index contributed by atoms with van der Waals surface area (Å²) in [4.78, 5) is 13.5. The highest BCUT2D eigenvalue weighted by Crippen LogP contribution is 2.11. The van der Waals surface area contributed by atoms with E-state index in [1.54, 1.807) is 0 Å². The predicted molar refractivity (Wildman–Crippen MR) is 82.8 cm³/mol. The lowest BCUT2D eigenvalue weighted by molar-refractivity contribution is 0.251. The van der Waals surface area contributed by atoms with Gasteiger partial charge in [0.1, 0.15) is 0 Å². The second-order valence-corrected chi connectivity index (χ2v) is 5.43. The molecule has 0 aliphatic carbocycles. The molecule has 1 aromatic heterocycles. The van der Waals surface area contributed by atoms with Crippen molar-refractivity contribution in [2.45, 2.75) is 32.1 Å². The molecule has 0 amide bonds. The minimum absolute atomic E-state index is 0.837. The average Bonchev–Trinajstić information content (AvgIpc) is 2.52. The van der Waals surface area contributed by atoms with Crippen LogP contribution in [0.5, 0.6) is 0 Å². The second-order valence-electron chi connectivity index (χ2n) is 5.43. The van der Waals surface area contributed by atoms with Crippen LogP contribution >= 0.6 is 0 Å². The Bertz CT molecular complexity index is 349. The van der Waals surface area contributed by atoms with E-state index in [1.807, 2.05) is 18.5 Å². The van der Waals surface area contributed by atoms with Crippen molar-refractivity contribution < 1.29 is 0 Å². The number of nitrogens with two attached hydrogens (primary N) is 1. The first-order valence-electron chi connectivity index (χ1n) is 7.84. The summed E-state index contributed by atoms with van der Waals surface area (Å²) < 4.78 is 0. The molecule has 1 aliphatic rings. The fraction of sp³-hybridized carbons (Fsp3) is 0.733. The quantitative estimate of drug-likeness (QED) is 0.730. The van der Waals surface area contributed by atoms with E-state index < -0.39 is 0 Å². The summed E-state index contributed by atoms with van der Waals surface area (Å²) >= 11 is 0. The van der Waals surface area contributed by atoms with Crippen LogP contribution in [0, 0.1) is 0 Å². The Morgan fingerprint density at radius 1 is 0.900 bits per heavy atom. The van der Waals surface area contributed by atoms with E-state index in [4.69, 9.17) is 5.73 Å². The predicted octanol–water partition coefficient (Wildman–Crippen LogP) is 1.51. The first-order chi connectivity index (χ1) is 9.90. The van der Waals surface area contributed by atoms with Crippen LogP contribution in [-0.2, 0) is 0 Å². The van der Waals surface area contributed by atoms with Crippen molar-refractivity contribution in [3.8, 4) is 0 Å². The van der Waals surface area contributed by atoms with Crippen LogP contribution in [0.25, 0.3) is 0 Å². The van der Waals surface area contributed by atoms with Gasteiger partial charge in [0, 0.05) is 38.6 Å². The number of piperazine rings is 1. The third kappa shape index (κ3) is 5.06. The molecule has 20 heavy (non-hydrogen) atoms. The Hall–Kier alpha value is -1.20. The van der Waals surface area contributed by atoms with E-state index in [2.05, 4.69) is 19.8 Å². The normalized spacial score (nSPS) is 16.6. The molecule has 0 radical (unpaired) electrons. The molecular formula is C15H27N5. The van der Waals surface area contributed by atoms with Crippen LogP contribution in [-0.4, -0.2) is 54.1 Å². The summed E-state index contributed by atoms with van der Waals surface area (Å²) in [5.74, 6) is 0.869. The van der Waals surface area contributed by atoms with E-state index in [0.29, 0.717) is 0 Å². The molecule has 0 spiro atoms. The van der Waals surface area contributed by atoms with Crippen molar-refractivity contribution in [3.63, 3.8) is 0 Å². The molecule has 112 valence electrons. The number of hydrogen-bond donors (Lipinski definition) is 1. The molecule has 5 heteroatoms. The van der Waals surface area contributed by atoms with Crippen LogP contribution in [0.15, 0.2) is 18.5 Å². The van der Waals surface area contributed by atoms with Gasteiger partial charge in [0.15, 0.2) is 0 Å². The van der Waals surface area contributed by atoms with E-state index in [-0.39, 0.29) is 0 Å². The van der Waals surface area contributed by atoms with Gasteiger partial charge in [-0.15, -0.1) is 0 Å². The van der Waals surface area contributed by atoms with Gasteiger partial charge in [-0.3, -0.25) is 4.90 Å². The summed E-state index contributed by atoms with van der Waals surface area (Å²) in [6, 6.07) is 1.87. The van der Waals surface area contributed by atoms with Crippen molar-refractivity contribution in [2.24, 2.45) is 5.73 Å². The number of hydrogen-bond acceptors (Lipinski definition) is 5. The molecular weight excluding hydrogens is 250 g/mol. The Labute approximate surface area is 122 Å². The molecule has 2 N–H and O–H groups in total. The fourth-order valence-electron chi connectivity index (χ4n) is 2.64. The van der Waals surface area contributed by atoms with Gasteiger partial charge in [-0.05, 0) is 32.0 Å². The van der Waals surface area contributed by atoms with Crippen molar-refractivity contribution in [2.75, 3.05) is 44.2 Å². The highest BCUT2D eigenvalue weighted by atomic mass is 15.3. The maximum absolute atomic E-state index is 5.50. The van der Waals surface area contributed by atoms with Crippen LogP contribution in [0.2, 0.25) is 0 Å². The zero-order chi connectivity index (χ0) is 14.0. The monoisotopic (exact) mass is 277 g/mol. The van der Waals surface area contributed by atoms with Gasteiger partial charge < -0.3 is 10.6 Å². The Morgan fingerprint density at radius 3 is 2.25 bits per heavy atom. The topological polar surface area (TPSA) is 58.3 Å².